The van der Waals surface area contributed by atoms with Gasteiger partial charge in [-0.2, -0.15) is 0 Å². The number of anilines is 1. The normalized spacial score (nSPS) is 13.9. The Morgan fingerprint density at radius 1 is 1.39 bits per heavy atom. The topological polar surface area (TPSA) is 64.3 Å². The Kier molecular flexibility index (Phi) is 5.16. The average Bonchev–Trinajstić information content (AvgIpc) is 2.40. The van der Waals surface area contributed by atoms with Crippen LogP contribution >= 0.6 is 0 Å². The first-order valence-corrected chi connectivity index (χ1v) is 6.19. The van der Waals surface area contributed by atoms with Crippen LogP contribution in [0, 0.1) is 0 Å². The lowest BCUT2D eigenvalue weighted by Crippen LogP contribution is -2.46. The van der Waals surface area contributed by atoms with Crippen LogP contribution in [0.5, 0.6) is 0 Å². The van der Waals surface area contributed by atoms with Gasteiger partial charge in [-0.15, -0.1) is 0 Å². The van der Waals surface area contributed by atoms with Gasteiger partial charge in [0.15, 0.2) is 0 Å². The first-order valence-electron chi connectivity index (χ1n) is 6.19. The van der Waals surface area contributed by atoms with Gasteiger partial charge in [0, 0.05) is 19.3 Å². The van der Waals surface area contributed by atoms with Gasteiger partial charge < -0.3 is 15.8 Å². The molecule has 1 atom stereocenters. The Balaban J connectivity index is 2.42. The van der Waals surface area contributed by atoms with E-state index in [1.54, 1.807) is 14.0 Å². The van der Waals surface area contributed by atoms with Gasteiger partial charge in [0.1, 0.15) is 5.60 Å². The van der Waals surface area contributed by atoms with Crippen LogP contribution in [0.4, 0.5) is 5.69 Å². The Morgan fingerprint density at radius 2 is 2.00 bits per heavy atom. The summed E-state index contributed by atoms with van der Waals surface area (Å²) in [4.78, 5) is 11.9. The smallest absolute Gasteiger partial charge is 0.251 e. The molecule has 1 aromatic carbocycles. The van der Waals surface area contributed by atoms with Crippen LogP contribution < -0.4 is 11.1 Å². The molecule has 1 aromatic rings. The summed E-state index contributed by atoms with van der Waals surface area (Å²) in [5.74, 6) is -0.0667. The number of carbonyl (C=O) groups excluding carboxylic acids is 1. The fourth-order valence-electron chi connectivity index (χ4n) is 1.59. The monoisotopic (exact) mass is 250 g/mol. The maximum Gasteiger partial charge on any atom is 0.251 e. The molecule has 1 amide bonds. The molecular formula is C14H22N2O2. The summed E-state index contributed by atoms with van der Waals surface area (Å²) in [5, 5.41) is 2.89. The number of benzene rings is 1. The number of rotatable bonds is 6. The van der Waals surface area contributed by atoms with E-state index in [9.17, 15) is 4.79 Å². The summed E-state index contributed by atoms with van der Waals surface area (Å²) in [6.45, 7) is 4.33. The summed E-state index contributed by atoms with van der Waals surface area (Å²) in [6.07, 6.45) is 1.44. The quantitative estimate of drug-likeness (QED) is 0.756. The molecule has 0 aromatic heterocycles. The van der Waals surface area contributed by atoms with Crippen LogP contribution in [0.2, 0.25) is 0 Å². The highest BCUT2D eigenvalue weighted by atomic mass is 16.5. The van der Waals surface area contributed by atoms with Crippen molar-refractivity contribution in [3.63, 3.8) is 0 Å². The number of amides is 1. The van der Waals surface area contributed by atoms with Crippen molar-refractivity contribution >= 4 is 11.6 Å². The molecule has 0 fully saturated rings. The second kappa shape index (κ2) is 6.40. The summed E-state index contributed by atoms with van der Waals surface area (Å²) in [6, 6.07) is 7.67. The molecule has 0 heterocycles. The SMILES string of the molecule is CCC(C)(OC)C(=O)NCCc1ccc(N)cc1. The Hall–Kier alpha value is -1.55. The molecule has 0 aliphatic rings. The van der Waals surface area contributed by atoms with Crippen molar-refractivity contribution in [2.45, 2.75) is 32.3 Å². The third-order valence-electron chi connectivity index (χ3n) is 3.28. The number of hydrogen-bond acceptors (Lipinski definition) is 3. The van der Waals surface area contributed by atoms with Gasteiger partial charge in [-0.25, -0.2) is 0 Å². The molecule has 100 valence electrons. The van der Waals surface area contributed by atoms with Crippen LogP contribution in [0.15, 0.2) is 24.3 Å². The van der Waals surface area contributed by atoms with E-state index in [4.69, 9.17) is 10.5 Å². The first kappa shape index (κ1) is 14.5. The van der Waals surface area contributed by atoms with Crippen molar-refractivity contribution in [2.75, 3.05) is 19.4 Å². The number of hydrogen-bond donors (Lipinski definition) is 2. The van der Waals surface area contributed by atoms with E-state index in [0.717, 1.165) is 17.7 Å². The van der Waals surface area contributed by atoms with Gasteiger partial charge in [-0.05, 0) is 37.5 Å². The van der Waals surface area contributed by atoms with Crippen molar-refractivity contribution in [2.24, 2.45) is 0 Å². The molecule has 1 rings (SSSR count). The number of nitrogens with one attached hydrogen (secondary N) is 1. The van der Waals surface area contributed by atoms with Gasteiger partial charge in [0.05, 0.1) is 0 Å². The second-order valence-electron chi connectivity index (χ2n) is 4.54. The minimum Gasteiger partial charge on any atom is -0.399 e. The molecule has 18 heavy (non-hydrogen) atoms. The molecule has 1 unspecified atom stereocenters. The first-order chi connectivity index (χ1) is 8.51. The highest BCUT2D eigenvalue weighted by Crippen LogP contribution is 2.13. The molecule has 0 radical (unpaired) electrons. The summed E-state index contributed by atoms with van der Waals surface area (Å²) in [7, 11) is 1.56. The standard InChI is InChI=1S/C14H22N2O2/c1-4-14(2,18-3)13(17)16-10-9-11-5-7-12(15)8-6-11/h5-8H,4,9-10,15H2,1-3H3,(H,16,17). The molecule has 0 spiro atoms. The third-order valence-corrected chi connectivity index (χ3v) is 3.28. The van der Waals surface area contributed by atoms with E-state index in [0.29, 0.717) is 13.0 Å². The summed E-state index contributed by atoms with van der Waals surface area (Å²) >= 11 is 0. The van der Waals surface area contributed by atoms with E-state index in [2.05, 4.69) is 5.32 Å². The molecule has 4 nitrogen and oxygen atoms in total. The Labute approximate surface area is 109 Å². The number of nitrogen functional groups attached to an aromatic ring is 1. The van der Waals surface area contributed by atoms with Gasteiger partial charge in [0.25, 0.3) is 5.91 Å². The summed E-state index contributed by atoms with van der Waals surface area (Å²) < 4.78 is 5.24. The molecule has 4 heteroatoms. The highest BCUT2D eigenvalue weighted by Gasteiger charge is 2.30. The number of nitrogens with two attached hydrogens (primary N) is 1. The molecule has 0 saturated heterocycles. The van der Waals surface area contributed by atoms with Crippen LogP contribution in [0.1, 0.15) is 25.8 Å². The van der Waals surface area contributed by atoms with E-state index in [1.165, 1.54) is 0 Å². The molecule has 0 aliphatic heterocycles. The molecule has 3 N–H and O–H groups in total. The van der Waals surface area contributed by atoms with E-state index in [1.807, 2.05) is 31.2 Å². The fourth-order valence-corrected chi connectivity index (χ4v) is 1.59. The third kappa shape index (κ3) is 3.74. The maximum atomic E-state index is 11.9. The predicted molar refractivity (Wildman–Crippen MR) is 73.3 cm³/mol. The second-order valence-corrected chi connectivity index (χ2v) is 4.54. The Morgan fingerprint density at radius 3 is 2.50 bits per heavy atom. The predicted octanol–water partition coefficient (Wildman–Crippen LogP) is 1.74. The van der Waals surface area contributed by atoms with E-state index < -0.39 is 5.60 Å². The van der Waals surface area contributed by atoms with Gasteiger partial charge in [-0.1, -0.05) is 19.1 Å². The molecule has 0 aliphatic carbocycles. The van der Waals surface area contributed by atoms with Gasteiger partial charge in [-0.3, -0.25) is 4.79 Å². The zero-order chi connectivity index (χ0) is 13.6. The molecule has 0 saturated carbocycles. The number of carbonyl (C=O) groups is 1. The van der Waals surface area contributed by atoms with Crippen LogP contribution in [-0.2, 0) is 16.0 Å². The Bertz CT molecular complexity index is 383. The summed E-state index contributed by atoms with van der Waals surface area (Å²) in [5.41, 5.74) is 6.78. The van der Waals surface area contributed by atoms with E-state index >= 15 is 0 Å². The van der Waals surface area contributed by atoms with Crippen molar-refractivity contribution in [1.29, 1.82) is 0 Å². The zero-order valence-electron chi connectivity index (χ0n) is 11.3. The van der Waals surface area contributed by atoms with Crippen molar-refractivity contribution < 1.29 is 9.53 Å². The molecular weight excluding hydrogens is 228 g/mol. The number of methoxy groups -OCH3 is 1. The van der Waals surface area contributed by atoms with Crippen molar-refractivity contribution in [1.82, 2.24) is 5.32 Å². The fraction of sp³-hybridized carbons (Fsp3) is 0.500. The highest BCUT2D eigenvalue weighted by molar-refractivity contribution is 5.84. The minimum atomic E-state index is -0.735. The van der Waals surface area contributed by atoms with Crippen LogP contribution in [0.3, 0.4) is 0 Å². The van der Waals surface area contributed by atoms with Gasteiger partial charge in [0.2, 0.25) is 0 Å². The van der Waals surface area contributed by atoms with Crippen molar-refractivity contribution in [3.8, 4) is 0 Å². The molecule has 0 bridgehead atoms. The lowest BCUT2D eigenvalue weighted by Gasteiger charge is -2.25. The largest absolute Gasteiger partial charge is 0.399 e. The lowest BCUT2D eigenvalue weighted by molar-refractivity contribution is -0.141. The average molecular weight is 250 g/mol. The van der Waals surface area contributed by atoms with Crippen molar-refractivity contribution in [3.05, 3.63) is 29.8 Å². The lowest BCUT2D eigenvalue weighted by atomic mass is 10.0. The maximum absolute atomic E-state index is 11.9. The number of ether oxygens (including phenoxy) is 1. The van der Waals surface area contributed by atoms with Crippen LogP contribution in [0.25, 0.3) is 0 Å². The minimum absolute atomic E-state index is 0.0667. The van der Waals surface area contributed by atoms with E-state index in [-0.39, 0.29) is 5.91 Å². The van der Waals surface area contributed by atoms with Crippen LogP contribution in [-0.4, -0.2) is 25.2 Å². The van der Waals surface area contributed by atoms with Gasteiger partial charge >= 0.3 is 0 Å². The zero-order valence-corrected chi connectivity index (χ0v) is 11.3.